The Balaban J connectivity index is 0.00000192. The number of aryl methyl sites for hydroxylation is 1. The second-order valence-electron chi connectivity index (χ2n) is 5.85. The topological polar surface area (TPSA) is 59.0 Å². The molecule has 0 radical (unpaired) electrons. The molecule has 0 bridgehead atoms. The summed E-state index contributed by atoms with van der Waals surface area (Å²) < 4.78 is 1.79. The predicted octanol–water partition coefficient (Wildman–Crippen LogP) is 1.50. The fourth-order valence-electron chi connectivity index (χ4n) is 3.04. The average Bonchev–Trinajstić information content (AvgIpc) is 3.16. The van der Waals surface area contributed by atoms with Crippen molar-refractivity contribution in [3.8, 4) is 0 Å². The molecule has 5 nitrogen and oxygen atoms in total. The fraction of sp³-hybridized carbons (Fsp3) is 0.412. The Labute approximate surface area is 142 Å². The molecule has 3 rings (SSSR count). The highest BCUT2D eigenvalue weighted by molar-refractivity contribution is 5.85. The van der Waals surface area contributed by atoms with Crippen molar-refractivity contribution in [3.63, 3.8) is 0 Å². The first kappa shape index (κ1) is 17.5. The Hall–Kier alpha value is -1.85. The lowest BCUT2D eigenvalue weighted by Crippen LogP contribution is -2.35. The smallest absolute Gasteiger partial charge is 0.225 e. The molecule has 1 saturated heterocycles. The van der Waals surface area contributed by atoms with Crippen LogP contribution in [0.5, 0.6) is 0 Å². The van der Waals surface area contributed by atoms with Crippen LogP contribution in [-0.4, -0.2) is 35.3 Å². The standard InChI is InChI=1S/C17H22N4O.ClH/c1-21-12-14(9-20-21)15-10-18-11-16(15)17(22)19-8-7-13-5-3-2-4-6-13;/h2-6,9,12,15-16,18H,7-8,10-11H2,1H3,(H,19,22);1H/t15-,16+;/m1./s1. The lowest BCUT2D eigenvalue weighted by molar-refractivity contribution is -0.124. The molecule has 1 aliphatic rings. The van der Waals surface area contributed by atoms with E-state index in [-0.39, 0.29) is 30.2 Å². The van der Waals surface area contributed by atoms with Crippen LogP contribution in [0.2, 0.25) is 0 Å². The van der Waals surface area contributed by atoms with Crippen molar-refractivity contribution in [2.45, 2.75) is 12.3 Å². The number of halogens is 1. The number of amides is 1. The first-order valence-electron chi connectivity index (χ1n) is 7.75. The molecule has 1 amide bonds. The number of hydrogen-bond acceptors (Lipinski definition) is 3. The maximum atomic E-state index is 12.4. The number of carbonyl (C=O) groups excluding carboxylic acids is 1. The molecule has 2 N–H and O–H groups in total. The van der Waals surface area contributed by atoms with Gasteiger partial charge < -0.3 is 10.6 Å². The van der Waals surface area contributed by atoms with E-state index >= 15 is 0 Å². The normalized spacial score (nSPS) is 20.0. The third-order valence-electron chi connectivity index (χ3n) is 4.26. The van der Waals surface area contributed by atoms with E-state index < -0.39 is 0 Å². The summed E-state index contributed by atoms with van der Waals surface area (Å²) in [6.07, 6.45) is 4.73. The van der Waals surface area contributed by atoms with Gasteiger partial charge >= 0.3 is 0 Å². The van der Waals surface area contributed by atoms with Crippen molar-refractivity contribution in [3.05, 3.63) is 53.9 Å². The Bertz CT molecular complexity index is 629. The van der Waals surface area contributed by atoms with Crippen LogP contribution in [0.3, 0.4) is 0 Å². The highest BCUT2D eigenvalue weighted by Crippen LogP contribution is 2.27. The Kier molecular flexibility index (Phi) is 6.19. The minimum atomic E-state index is -0.0139. The third kappa shape index (κ3) is 4.33. The van der Waals surface area contributed by atoms with Gasteiger partial charge in [-0.3, -0.25) is 9.48 Å². The number of hydrogen-bond donors (Lipinski definition) is 2. The lowest BCUT2D eigenvalue weighted by Gasteiger charge is -2.17. The van der Waals surface area contributed by atoms with Gasteiger partial charge in [0, 0.05) is 38.8 Å². The molecule has 2 heterocycles. The van der Waals surface area contributed by atoms with Gasteiger partial charge in [0.25, 0.3) is 0 Å². The Morgan fingerprint density at radius 2 is 2.13 bits per heavy atom. The maximum Gasteiger partial charge on any atom is 0.225 e. The summed E-state index contributed by atoms with van der Waals surface area (Å²) in [6, 6.07) is 10.2. The molecule has 124 valence electrons. The SMILES string of the molecule is Cl.Cn1cc([C@H]2CNC[C@@H]2C(=O)NCCc2ccccc2)cn1. The molecule has 2 atom stereocenters. The maximum absolute atomic E-state index is 12.4. The number of carbonyl (C=O) groups is 1. The van der Waals surface area contributed by atoms with Gasteiger partial charge in [0.1, 0.15) is 0 Å². The average molecular weight is 335 g/mol. The molecule has 6 heteroatoms. The van der Waals surface area contributed by atoms with E-state index in [1.807, 2.05) is 37.6 Å². The van der Waals surface area contributed by atoms with Crippen LogP contribution in [0.1, 0.15) is 17.0 Å². The van der Waals surface area contributed by atoms with Crippen LogP contribution in [0.25, 0.3) is 0 Å². The van der Waals surface area contributed by atoms with Gasteiger partial charge in [-0.15, -0.1) is 12.4 Å². The van der Waals surface area contributed by atoms with E-state index in [9.17, 15) is 4.79 Å². The van der Waals surface area contributed by atoms with E-state index in [1.54, 1.807) is 4.68 Å². The zero-order valence-electron chi connectivity index (χ0n) is 13.2. The van der Waals surface area contributed by atoms with Crippen LogP contribution in [-0.2, 0) is 18.3 Å². The van der Waals surface area contributed by atoms with Crippen LogP contribution < -0.4 is 10.6 Å². The molecule has 23 heavy (non-hydrogen) atoms. The van der Waals surface area contributed by atoms with Gasteiger partial charge in [-0.2, -0.15) is 5.10 Å². The first-order chi connectivity index (χ1) is 10.7. The monoisotopic (exact) mass is 334 g/mol. The molecule has 1 aromatic heterocycles. The Morgan fingerprint density at radius 1 is 1.35 bits per heavy atom. The number of rotatable bonds is 5. The molecule has 0 unspecified atom stereocenters. The summed E-state index contributed by atoms with van der Waals surface area (Å²) in [5.41, 5.74) is 2.38. The minimum Gasteiger partial charge on any atom is -0.355 e. The molecule has 0 spiro atoms. The number of nitrogens with one attached hydrogen (secondary N) is 2. The van der Waals surface area contributed by atoms with Crippen LogP contribution in [0.15, 0.2) is 42.7 Å². The molecule has 0 saturated carbocycles. The van der Waals surface area contributed by atoms with Gasteiger partial charge in [0.2, 0.25) is 5.91 Å². The summed E-state index contributed by atoms with van der Waals surface area (Å²) in [5, 5.41) is 10.6. The lowest BCUT2D eigenvalue weighted by atomic mass is 9.90. The molecule has 1 aromatic carbocycles. The summed E-state index contributed by atoms with van der Waals surface area (Å²) >= 11 is 0. The zero-order valence-corrected chi connectivity index (χ0v) is 14.1. The van der Waals surface area contributed by atoms with E-state index in [1.165, 1.54) is 5.56 Å². The van der Waals surface area contributed by atoms with E-state index in [0.29, 0.717) is 6.54 Å². The predicted molar refractivity (Wildman–Crippen MR) is 92.7 cm³/mol. The highest BCUT2D eigenvalue weighted by atomic mass is 35.5. The first-order valence-corrected chi connectivity index (χ1v) is 7.75. The van der Waals surface area contributed by atoms with Crippen molar-refractivity contribution in [1.82, 2.24) is 20.4 Å². The van der Waals surface area contributed by atoms with Crippen molar-refractivity contribution in [1.29, 1.82) is 0 Å². The molecular weight excluding hydrogens is 312 g/mol. The van der Waals surface area contributed by atoms with E-state index in [4.69, 9.17) is 0 Å². The number of benzene rings is 1. The quantitative estimate of drug-likeness (QED) is 0.871. The molecule has 1 fully saturated rings. The van der Waals surface area contributed by atoms with Crippen molar-refractivity contribution in [2.75, 3.05) is 19.6 Å². The van der Waals surface area contributed by atoms with Gasteiger partial charge in [-0.05, 0) is 17.5 Å². The molecule has 1 aliphatic heterocycles. The largest absolute Gasteiger partial charge is 0.355 e. The minimum absolute atomic E-state index is 0. The summed E-state index contributed by atoms with van der Waals surface area (Å²) in [4.78, 5) is 12.4. The van der Waals surface area contributed by atoms with Crippen molar-refractivity contribution >= 4 is 18.3 Å². The van der Waals surface area contributed by atoms with Gasteiger partial charge in [-0.25, -0.2) is 0 Å². The Morgan fingerprint density at radius 3 is 2.83 bits per heavy atom. The van der Waals surface area contributed by atoms with E-state index in [2.05, 4.69) is 27.9 Å². The second-order valence-corrected chi connectivity index (χ2v) is 5.85. The molecule has 2 aromatic rings. The van der Waals surface area contributed by atoms with Crippen LogP contribution in [0.4, 0.5) is 0 Å². The summed E-state index contributed by atoms with van der Waals surface area (Å²) in [6.45, 7) is 2.25. The van der Waals surface area contributed by atoms with Gasteiger partial charge in [-0.1, -0.05) is 30.3 Å². The number of nitrogens with zero attached hydrogens (tertiary/aromatic N) is 2. The molecular formula is C17H23ClN4O. The zero-order chi connectivity index (χ0) is 15.4. The third-order valence-corrected chi connectivity index (χ3v) is 4.26. The highest BCUT2D eigenvalue weighted by Gasteiger charge is 2.34. The van der Waals surface area contributed by atoms with Crippen LogP contribution in [0, 0.1) is 5.92 Å². The van der Waals surface area contributed by atoms with Crippen molar-refractivity contribution < 1.29 is 4.79 Å². The fourth-order valence-corrected chi connectivity index (χ4v) is 3.04. The van der Waals surface area contributed by atoms with E-state index in [0.717, 1.165) is 25.1 Å². The van der Waals surface area contributed by atoms with Crippen LogP contribution >= 0.6 is 12.4 Å². The summed E-state index contributed by atoms with van der Waals surface area (Å²) in [5.74, 6) is 0.334. The van der Waals surface area contributed by atoms with Gasteiger partial charge in [0.05, 0.1) is 12.1 Å². The summed E-state index contributed by atoms with van der Waals surface area (Å²) in [7, 11) is 1.90. The molecule has 0 aliphatic carbocycles. The second kappa shape index (κ2) is 8.13. The van der Waals surface area contributed by atoms with Crippen molar-refractivity contribution in [2.24, 2.45) is 13.0 Å². The van der Waals surface area contributed by atoms with Gasteiger partial charge in [0.15, 0.2) is 0 Å². The number of aromatic nitrogens is 2.